The molecule has 3 nitrogen and oxygen atoms in total. The van der Waals surface area contributed by atoms with Crippen molar-refractivity contribution in [1.29, 1.82) is 0 Å². The molecule has 0 aliphatic carbocycles. The van der Waals surface area contributed by atoms with Crippen molar-refractivity contribution in [1.82, 2.24) is 15.4 Å². The fourth-order valence-electron chi connectivity index (χ4n) is 1.06. The first-order valence-corrected chi connectivity index (χ1v) is 3.96. The topological polar surface area (TPSA) is 36.1 Å². The highest BCUT2D eigenvalue weighted by molar-refractivity contribution is 6.81. The Balaban J connectivity index is 2.25. The van der Waals surface area contributed by atoms with Crippen molar-refractivity contribution in [3.05, 3.63) is 0 Å². The number of hydrogen-bond acceptors (Lipinski definition) is 3. The fourth-order valence-corrected chi connectivity index (χ4v) is 1.06. The quantitative estimate of drug-likeness (QED) is 0.439. The molecule has 0 saturated carbocycles. The predicted molar refractivity (Wildman–Crippen MR) is 47.6 cm³/mol. The van der Waals surface area contributed by atoms with Gasteiger partial charge in [0.05, 0.1) is 0 Å². The highest BCUT2D eigenvalue weighted by Gasteiger charge is 2.23. The van der Waals surface area contributed by atoms with Crippen LogP contribution in [0.5, 0.6) is 0 Å². The molecule has 0 aromatic heterocycles. The van der Waals surface area contributed by atoms with E-state index in [2.05, 4.69) is 29.3 Å². The SMILES string of the molecule is CCB1N[B]NB(CC)N1. The molecule has 0 aromatic rings. The largest absolute Gasteiger partial charge is 0.375 e. The third-order valence-corrected chi connectivity index (χ3v) is 1.79. The third-order valence-electron chi connectivity index (χ3n) is 1.79. The van der Waals surface area contributed by atoms with E-state index >= 15 is 0 Å². The monoisotopic (exact) mass is 136 g/mol. The summed E-state index contributed by atoms with van der Waals surface area (Å²) in [6.45, 7) is 5.23. The summed E-state index contributed by atoms with van der Waals surface area (Å²) in [5, 5.41) is 9.77. The lowest BCUT2D eigenvalue weighted by Gasteiger charge is -2.26. The van der Waals surface area contributed by atoms with Gasteiger partial charge in [0.2, 0.25) is 0 Å². The molecule has 1 aliphatic rings. The van der Waals surface area contributed by atoms with E-state index in [4.69, 9.17) is 0 Å². The molecule has 1 heterocycles. The minimum atomic E-state index is 0.450. The molecular formula is C4H13B3N3. The van der Waals surface area contributed by atoms with Crippen LogP contribution in [-0.2, 0) is 0 Å². The second kappa shape index (κ2) is 4.06. The van der Waals surface area contributed by atoms with Crippen molar-refractivity contribution >= 4 is 21.5 Å². The van der Waals surface area contributed by atoms with Crippen LogP contribution in [0.15, 0.2) is 0 Å². The summed E-state index contributed by atoms with van der Waals surface area (Å²) in [7, 11) is 1.93. The first-order valence-electron chi connectivity index (χ1n) is 3.96. The molecule has 6 heteroatoms. The van der Waals surface area contributed by atoms with Crippen molar-refractivity contribution in [3.63, 3.8) is 0 Å². The number of rotatable bonds is 2. The number of hydrogen-bond donors (Lipinski definition) is 3. The molecule has 1 fully saturated rings. The smallest absolute Gasteiger partial charge is 0.285 e. The van der Waals surface area contributed by atoms with Gasteiger partial charge in [0.1, 0.15) is 0 Å². The van der Waals surface area contributed by atoms with Gasteiger partial charge in [-0.1, -0.05) is 13.8 Å². The van der Waals surface area contributed by atoms with Crippen LogP contribution in [0.25, 0.3) is 0 Å². The lowest BCUT2D eigenvalue weighted by molar-refractivity contribution is 1.11. The molecule has 0 spiro atoms. The average Bonchev–Trinajstić information content (AvgIpc) is 2.05. The first kappa shape index (κ1) is 8.17. The zero-order valence-corrected chi connectivity index (χ0v) is 6.65. The summed E-state index contributed by atoms with van der Waals surface area (Å²) in [5.41, 5.74) is 0. The molecule has 53 valence electrons. The standard InChI is InChI=1S/C4H13B3N3/c1-3-6-8-5-9-7(4-2)10-6/h8-10H,3-4H2,1-2H3. The molecule has 10 heavy (non-hydrogen) atoms. The summed E-state index contributed by atoms with van der Waals surface area (Å²) >= 11 is 0. The third kappa shape index (κ3) is 2.04. The van der Waals surface area contributed by atoms with Gasteiger partial charge in [-0.3, -0.25) is 0 Å². The molecule has 1 radical (unpaired) electrons. The van der Waals surface area contributed by atoms with Crippen molar-refractivity contribution in [3.8, 4) is 0 Å². The van der Waals surface area contributed by atoms with E-state index in [1.165, 1.54) is 0 Å². The summed E-state index contributed by atoms with van der Waals surface area (Å²) in [5.74, 6) is 0. The minimum absolute atomic E-state index is 0.450. The zero-order chi connectivity index (χ0) is 7.40. The van der Waals surface area contributed by atoms with Crippen molar-refractivity contribution in [2.45, 2.75) is 26.5 Å². The molecular weight excluding hydrogens is 123 g/mol. The van der Waals surface area contributed by atoms with E-state index in [9.17, 15) is 0 Å². The number of nitrogens with one attached hydrogen (secondary N) is 3. The van der Waals surface area contributed by atoms with Crippen molar-refractivity contribution < 1.29 is 0 Å². The van der Waals surface area contributed by atoms with Gasteiger partial charge in [0, 0.05) is 0 Å². The Morgan fingerprint density at radius 1 is 1.10 bits per heavy atom. The van der Waals surface area contributed by atoms with E-state index < -0.39 is 0 Å². The molecule has 0 unspecified atom stereocenters. The Bertz CT molecular complexity index is 91.7. The molecule has 1 saturated heterocycles. The van der Waals surface area contributed by atoms with Gasteiger partial charge in [0.15, 0.2) is 0 Å². The maximum Gasteiger partial charge on any atom is 0.285 e. The normalized spacial score (nSPS) is 19.0. The van der Waals surface area contributed by atoms with Gasteiger partial charge < -0.3 is 15.4 Å². The Labute approximate surface area is 64.2 Å². The van der Waals surface area contributed by atoms with Crippen LogP contribution < -0.4 is 15.4 Å². The van der Waals surface area contributed by atoms with Crippen LogP contribution >= 0.6 is 0 Å². The molecule has 1 aliphatic heterocycles. The molecule has 0 amide bonds. The van der Waals surface area contributed by atoms with Gasteiger partial charge in [-0.25, -0.2) is 0 Å². The molecule has 3 N–H and O–H groups in total. The van der Waals surface area contributed by atoms with Crippen molar-refractivity contribution in [2.24, 2.45) is 0 Å². The van der Waals surface area contributed by atoms with E-state index in [0.717, 1.165) is 12.6 Å². The maximum atomic E-state index is 3.40. The van der Waals surface area contributed by atoms with Crippen LogP contribution in [0.1, 0.15) is 13.8 Å². The maximum absolute atomic E-state index is 3.40. The highest BCUT2D eigenvalue weighted by atomic mass is 15.0. The summed E-state index contributed by atoms with van der Waals surface area (Å²) in [6.07, 6.45) is 2.24. The van der Waals surface area contributed by atoms with Gasteiger partial charge in [-0.05, 0) is 12.6 Å². The second-order valence-corrected chi connectivity index (χ2v) is 2.57. The second-order valence-electron chi connectivity index (χ2n) is 2.57. The van der Waals surface area contributed by atoms with E-state index in [0.29, 0.717) is 14.0 Å². The van der Waals surface area contributed by atoms with Crippen molar-refractivity contribution in [2.75, 3.05) is 0 Å². The fraction of sp³-hybridized carbons (Fsp3) is 1.00. The molecule has 1 rings (SSSR count). The van der Waals surface area contributed by atoms with E-state index in [-0.39, 0.29) is 0 Å². The highest BCUT2D eigenvalue weighted by Crippen LogP contribution is 1.89. The van der Waals surface area contributed by atoms with Crippen LogP contribution in [-0.4, -0.2) is 21.5 Å². The Morgan fingerprint density at radius 2 is 1.60 bits per heavy atom. The Hall–Kier alpha value is 0.0748. The molecule has 0 bridgehead atoms. The lowest BCUT2D eigenvalue weighted by atomic mass is 9.54. The predicted octanol–water partition coefficient (Wildman–Crippen LogP) is -0.681. The van der Waals surface area contributed by atoms with Crippen LogP contribution in [0.4, 0.5) is 0 Å². The van der Waals surface area contributed by atoms with E-state index in [1.807, 2.05) is 7.55 Å². The zero-order valence-electron chi connectivity index (χ0n) is 6.65. The van der Waals surface area contributed by atoms with Crippen LogP contribution in [0, 0.1) is 0 Å². The molecule has 0 atom stereocenters. The van der Waals surface area contributed by atoms with Crippen LogP contribution in [0.3, 0.4) is 0 Å². The van der Waals surface area contributed by atoms with Gasteiger partial charge in [-0.15, -0.1) is 0 Å². The Kier molecular flexibility index (Phi) is 3.32. The molecule has 0 aromatic carbocycles. The van der Waals surface area contributed by atoms with Gasteiger partial charge in [-0.2, -0.15) is 0 Å². The summed E-state index contributed by atoms with van der Waals surface area (Å²) in [6, 6.07) is 0. The van der Waals surface area contributed by atoms with Gasteiger partial charge in [0.25, 0.3) is 21.5 Å². The van der Waals surface area contributed by atoms with E-state index in [1.54, 1.807) is 0 Å². The van der Waals surface area contributed by atoms with Crippen LogP contribution in [0.2, 0.25) is 12.6 Å². The lowest BCUT2D eigenvalue weighted by Crippen LogP contribution is -2.69. The average molecular weight is 136 g/mol. The summed E-state index contributed by atoms with van der Waals surface area (Å²) < 4.78 is 0. The minimum Gasteiger partial charge on any atom is -0.375 e. The van der Waals surface area contributed by atoms with Gasteiger partial charge >= 0.3 is 0 Å². The Morgan fingerprint density at radius 3 is 2.00 bits per heavy atom. The summed E-state index contributed by atoms with van der Waals surface area (Å²) in [4.78, 5) is 0. The first-order chi connectivity index (χ1) is 4.86.